The van der Waals surface area contributed by atoms with Gasteiger partial charge < -0.3 is 25.4 Å². The fourth-order valence-corrected chi connectivity index (χ4v) is 3.47. The van der Waals surface area contributed by atoms with Crippen LogP contribution in [0.1, 0.15) is 39.7 Å². The molecule has 2 atom stereocenters. The minimum Gasteiger partial charge on any atom is -0.479 e. The van der Waals surface area contributed by atoms with Gasteiger partial charge in [-0.2, -0.15) is 8.78 Å². The maximum atomic E-state index is 13.8. The average molecular weight is 584 g/mol. The lowest BCUT2D eigenvalue weighted by atomic mass is 9.86. The number of hydrogen-bond acceptors (Lipinski definition) is 7. The van der Waals surface area contributed by atoms with Crippen molar-refractivity contribution in [1.82, 2.24) is 10.6 Å². The summed E-state index contributed by atoms with van der Waals surface area (Å²) in [6.07, 6.45) is -0.766. The molecule has 0 radical (unpaired) electrons. The van der Waals surface area contributed by atoms with Gasteiger partial charge in [0.15, 0.2) is 23.2 Å². The van der Waals surface area contributed by atoms with Gasteiger partial charge in [-0.25, -0.2) is 8.78 Å². The zero-order valence-electron chi connectivity index (χ0n) is 22.8. The number of methoxy groups -OCH3 is 1. The second kappa shape index (κ2) is 13.7. The maximum Gasteiger partial charge on any atom is 0.313 e. The molecule has 10 nitrogen and oxygen atoms in total. The van der Waals surface area contributed by atoms with E-state index in [-0.39, 0.29) is 11.5 Å². The van der Waals surface area contributed by atoms with Gasteiger partial charge in [-0.15, -0.1) is 0 Å². The van der Waals surface area contributed by atoms with E-state index < -0.39 is 83.6 Å². The Hall–Kier alpha value is -4.49. The van der Waals surface area contributed by atoms with Crippen LogP contribution in [-0.2, 0) is 34.1 Å². The Kier molecular flexibility index (Phi) is 11.0. The van der Waals surface area contributed by atoms with Crippen molar-refractivity contribution < 1.29 is 51.0 Å². The zero-order valence-corrected chi connectivity index (χ0v) is 22.8. The summed E-state index contributed by atoms with van der Waals surface area (Å²) in [5.74, 6) is -14.3. The van der Waals surface area contributed by atoms with E-state index in [1.807, 2.05) is 20.8 Å². The number of anilines is 1. The lowest BCUT2D eigenvalue weighted by Crippen LogP contribution is -2.53. The highest BCUT2D eigenvalue weighted by Crippen LogP contribution is 2.29. The average Bonchev–Trinajstić information content (AvgIpc) is 2.90. The van der Waals surface area contributed by atoms with Gasteiger partial charge in [0, 0.05) is 11.8 Å². The molecule has 2 aromatic carbocycles. The number of ketones is 1. The van der Waals surface area contributed by atoms with Crippen LogP contribution in [0.15, 0.2) is 30.3 Å². The molecule has 14 heteroatoms. The summed E-state index contributed by atoms with van der Waals surface area (Å²) in [6, 6.07) is 3.64. The molecule has 2 unspecified atom stereocenters. The summed E-state index contributed by atoms with van der Waals surface area (Å²) in [5, 5.41) is 6.77. The van der Waals surface area contributed by atoms with Crippen molar-refractivity contribution in [3.8, 4) is 5.75 Å². The minimum absolute atomic E-state index is 0.0566. The van der Waals surface area contributed by atoms with Gasteiger partial charge in [-0.3, -0.25) is 24.0 Å². The summed E-state index contributed by atoms with van der Waals surface area (Å²) in [5.41, 5.74) is 0.768. The first-order valence-electron chi connectivity index (χ1n) is 12.1. The summed E-state index contributed by atoms with van der Waals surface area (Å²) in [7, 11) is 0.988. The number of benzene rings is 2. The third kappa shape index (κ3) is 8.75. The fourth-order valence-electron chi connectivity index (χ4n) is 3.47. The first-order chi connectivity index (χ1) is 19.1. The lowest BCUT2D eigenvalue weighted by Gasteiger charge is -2.23. The quantitative estimate of drug-likeness (QED) is 0.169. The van der Waals surface area contributed by atoms with Crippen LogP contribution in [0.5, 0.6) is 5.75 Å². The van der Waals surface area contributed by atoms with Crippen LogP contribution < -0.4 is 20.7 Å². The highest BCUT2D eigenvalue weighted by Gasteiger charge is 2.30. The number of ether oxygens (including phenoxy) is 2. The number of carbonyl (C=O) groups is 5. The first kappa shape index (κ1) is 32.7. The molecule has 0 heterocycles. The van der Waals surface area contributed by atoms with Gasteiger partial charge in [0.05, 0.1) is 13.5 Å². The number of carbonyl (C=O) groups excluding carboxylic acids is 5. The molecule has 2 rings (SSSR count). The molecule has 41 heavy (non-hydrogen) atoms. The summed E-state index contributed by atoms with van der Waals surface area (Å²) < 4.78 is 63.6. The maximum absolute atomic E-state index is 13.8. The number of esters is 1. The highest BCUT2D eigenvalue weighted by atomic mass is 19.2. The molecule has 3 N–H and O–H groups in total. The van der Waals surface area contributed by atoms with Gasteiger partial charge >= 0.3 is 17.8 Å². The van der Waals surface area contributed by atoms with Crippen molar-refractivity contribution in [3.63, 3.8) is 0 Å². The Bertz CT molecular complexity index is 1320. The number of amides is 3. The van der Waals surface area contributed by atoms with Gasteiger partial charge in [0.2, 0.25) is 17.5 Å². The molecule has 0 saturated heterocycles. The van der Waals surface area contributed by atoms with E-state index >= 15 is 0 Å². The summed E-state index contributed by atoms with van der Waals surface area (Å²) in [6.45, 7) is 5.69. The van der Waals surface area contributed by atoms with Crippen LogP contribution in [0, 0.1) is 23.3 Å². The van der Waals surface area contributed by atoms with Crippen molar-refractivity contribution >= 4 is 35.2 Å². The van der Waals surface area contributed by atoms with Gasteiger partial charge in [0.1, 0.15) is 18.7 Å². The molecular weight excluding hydrogens is 554 g/mol. The Morgan fingerprint density at radius 1 is 0.902 bits per heavy atom. The predicted molar refractivity (Wildman–Crippen MR) is 137 cm³/mol. The number of rotatable bonds is 10. The minimum atomic E-state index is -1.90. The van der Waals surface area contributed by atoms with E-state index in [0.29, 0.717) is 5.69 Å². The molecule has 0 aliphatic heterocycles. The molecule has 0 spiro atoms. The third-order valence-electron chi connectivity index (χ3n) is 5.66. The van der Waals surface area contributed by atoms with Crippen LogP contribution in [-0.4, -0.2) is 55.3 Å². The Labute approximate surface area is 232 Å². The molecule has 2 aromatic rings. The van der Waals surface area contributed by atoms with Gasteiger partial charge in [-0.1, -0.05) is 39.0 Å². The molecule has 3 amide bonds. The lowest BCUT2D eigenvalue weighted by molar-refractivity contribution is -0.143. The molecule has 0 bridgehead atoms. The molecule has 0 aliphatic carbocycles. The van der Waals surface area contributed by atoms with E-state index in [1.54, 1.807) is 24.3 Å². The SMILES string of the molecule is COC(=O)CC(NC(=O)C(C)NC(=O)C(=O)Nc1ccccc1C(C)(C)C)C(=O)COc1c(F)c(F)cc(F)c1F. The Morgan fingerprint density at radius 2 is 1.49 bits per heavy atom. The normalized spacial score (nSPS) is 12.5. The number of hydrogen-bond donors (Lipinski definition) is 3. The van der Waals surface area contributed by atoms with Crippen LogP contribution in [0.2, 0.25) is 0 Å². The fraction of sp³-hybridized carbons (Fsp3) is 0.370. The van der Waals surface area contributed by atoms with Crippen molar-refractivity contribution in [2.75, 3.05) is 19.0 Å². The standard InChI is InChI=1S/C27H29F4N3O7/c1-13(32-25(38)26(39)33-17-9-7-6-8-14(17)27(2,3)4)24(37)34-18(11-20(36)40-5)19(35)12-41-23-21(30)15(28)10-16(29)22(23)31/h6-10,13,18H,11-12H2,1-5H3,(H,32,38)(H,33,39)(H,34,37). The van der Waals surface area contributed by atoms with E-state index in [1.165, 1.54) is 6.92 Å². The smallest absolute Gasteiger partial charge is 0.313 e. The van der Waals surface area contributed by atoms with Crippen molar-refractivity contribution in [3.05, 3.63) is 59.2 Å². The number of nitrogens with one attached hydrogen (secondary N) is 3. The van der Waals surface area contributed by atoms with Crippen LogP contribution in [0.3, 0.4) is 0 Å². The molecule has 0 aliphatic rings. The van der Waals surface area contributed by atoms with Crippen LogP contribution in [0.25, 0.3) is 0 Å². The largest absolute Gasteiger partial charge is 0.479 e. The van der Waals surface area contributed by atoms with Gasteiger partial charge in [0.25, 0.3) is 0 Å². The highest BCUT2D eigenvalue weighted by molar-refractivity contribution is 6.40. The van der Waals surface area contributed by atoms with Crippen molar-refractivity contribution in [2.24, 2.45) is 0 Å². The van der Waals surface area contributed by atoms with Crippen molar-refractivity contribution in [1.29, 1.82) is 0 Å². The molecule has 0 fully saturated rings. The Morgan fingerprint density at radius 3 is 2.05 bits per heavy atom. The van der Waals surface area contributed by atoms with Crippen LogP contribution >= 0.6 is 0 Å². The van der Waals surface area contributed by atoms with E-state index in [2.05, 4.69) is 25.4 Å². The van der Waals surface area contributed by atoms with Crippen molar-refractivity contribution in [2.45, 2.75) is 51.6 Å². The number of para-hydroxylation sites is 1. The monoisotopic (exact) mass is 583 g/mol. The Balaban J connectivity index is 2.09. The van der Waals surface area contributed by atoms with E-state index in [4.69, 9.17) is 0 Å². The second-order valence-corrected chi connectivity index (χ2v) is 9.84. The second-order valence-electron chi connectivity index (χ2n) is 9.84. The van der Waals surface area contributed by atoms with Crippen LogP contribution in [0.4, 0.5) is 23.2 Å². The predicted octanol–water partition coefficient (Wildman–Crippen LogP) is 2.68. The summed E-state index contributed by atoms with van der Waals surface area (Å²) >= 11 is 0. The third-order valence-corrected chi connectivity index (χ3v) is 5.66. The van der Waals surface area contributed by atoms with E-state index in [9.17, 15) is 41.5 Å². The molecular formula is C27H29F4N3O7. The number of halogens is 4. The molecule has 0 aromatic heterocycles. The first-order valence-corrected chi connectivity index (χ1v) is 12.1. The summed E-state index contributed by atoms with van der Waals surface area (Å²) in [4.78, 5) is 62.0. The number of Topliss-reactive ketones (excluding diaryl/α,β-unsaturated/α-hetero) is 1. The molecule has 0 saturated carbocycles. The van der Waals surface area contributed by atoms with Gasteiger partial charge in [-0.05, 0) is 24.0 Å². The van der Waals surface area contributed by atoms with E-state index in [0.717, 1.165) is 12.7 Å². The molecule has 222 valence electrons. The topological polar surface area (TPSA) is 140 Å². The zero-order chi connectivity index (χ0) is 31.1.